The Hall–Kier alpha value is -2.39. The lowest BCUT2D eigenvalue weighted by atomic mass is 10.0. The number of rotatable bonds is 4. The second-order valence-corrected chi connectivity index (χ2v) is 4.79. The number of benzene rings is 2. The zero-order valence-electron chi connectivity index (χ0n) is 11.9. The summed E-state index contributed by atoms with van der Waals surface area (Å²) in [4.78, 5) is 4.38. The lowest BCUT2D eigenvalue weighted by molar-refractivity contribution is 0.209. The Morgan fingerprint density at radius 3 is 2.67 bits per heavy atom. The molecule has 0 saturated carbocycles. The number of ether oxygens (including phenoxy) is 1. The van der Waals surface area contributed by atoms with E-state index in [2.05, 4.69) is 4.98 Å². The smallest absolute Gasteiger partial charge is 0.125 e. The maximum absolute atomic E-state index is 10.8. The molecule has 1 N–H and O–H groups in total. The van der Waals surface area contributed by atoms with Gasteiger partial charge in [0.25, 0.3) is 0 Å². The van der Waals surface area contributed by atoms with Crippen LogP contribution in [0.3, 0.4) is 0 Å². The second-order valence-electron chi connectivity index (χ2n) is 4.79. The molecule has 3 heteroatoms. The number of fused-ring (bicyclic) bond motifs is 1. The number of aliphatic hydroxyl groups excluding tert-OH is 1. The Bertz CT molecular complexity index is 750. The molecule has 0 spiro atoms. The van der Waals surface area contributed by atoms with E-state index in [9.17, 15) is 5.11 Å². The van der Waals surface area contributed by atoms with Crippen molar-refractivity contribution in [3.05, 3.63) is 72.1 Å². The highest BCUT2D eigenvalue weighted by molar-refractivity contribution is 5.85. The molecule has 0 aliphatic rings. The predicted octanol–water partition coefficient (Wildman–Crippen LogP) is 3.72. The molecule has 3 rings (SSSR count). The molecule has 3 aromatic rings. The molecular weight excluding hydrogens is 262 g/mol. The number of hydrogen-bond donors (Lipinski definition) is 1. The van der Waals surface area contributed by atoms with Gasteiger partial charge in [-0.3, -0.25) is 4.98 Å². The van der Waals surface area contributed by atoms with E-state index in [-0.39, 0.29) is 0 Å². The van der Waals surface area contributed by atoms with Gasteiger partial charge in [-0.15, -0.1) is 0 Å². The van der Waals surface area contributed by atoms with Crippen LogP contribution < -0.4 is 4.74 Å². The van der Waals surface area contributed by atoms with Crippen molar-refractivity contribution in [3.8, 4) is 5.75 Å². The highest BCUT2D eigenvalue weighted by Gasteiger charge is 2.18. The molecule has 1 aromatic heterocycles. The third-order valence-corrected chi connectivity index (χ3v) is 3.48. The van der Waals surface area contributed by atoms with Gasteiger partial charge >= 0.3 is 0 Å². The predicted molar refractivity (Wildman–Crippen MR) is 83.4 cm³/mol. The van der Waals surface area contributed by atoms with Gasteiger partial charge in [-0.1, -0.05) is 42.5 Å². The van der Waals surface area contributed by atoms with Gasteiger partial charge in [0, 0.05) is 17.1 Å². The van der Waals surface area contributed by atoms with Crippen molar-refractivity contribution in [1.82, 2.24) is 4.98 Å². The van der Waals surface area contributed by atoms with E-state index >= 15 is 0 Å². The van der Waals surface area contributed by atoms with Crippen LogP contribution in [0.4, 0.5) is 0 Å². The van der Waals surface area contributed by atoms with Gasteiger partial charge in [-0.25, -0.2) is 0 Å². The number of para-hydroxylation sites is 1. The Kier molecular flexibility index (Phi) is 3.84. The molecule has 0 aliphatic heterocycles. The minimum atomic E-state index is -0.807. The zero-order valence-corrected chi connectivity index (χ0v) is 11.9. The fourth-order valence-corrected chi connectivity index (χ4v) is 2.50. The Morgan fingerprint density at radius 2 is 1.81 bits per heavy atom. The molecule has 0 saturated heterocycles. The summed E-state index contributed by atoms with van der Waals surface area (Å²) in [5.41, 5.74) is 1.39. The van der Waals surface area contributed by atoms with Crippen LogP contribution in [0.1, 0.15) is 24.3 Å². The minimum absolute atomic E-state index is 0.562. The van der Waals surface area contributed by atoms with Gasteiger partial charge in [0.05, 0.1) is 12.3 Å². The first-order chi connectivity index (χ1) is 10.3. The summed E-state index contributed by atoms with van der Waals surface area (Å²) < 4.78 is 5.60. The highest BCUT2D eigenvalue weighted by Crippen LogP contribution is 2.32. The first-order valence-corrected chi connectivity index (χ1v) is 7.04. The lowest BCUT2D eigenvalue weighted by Gasteiger charge is -2.16. The molecule has 1 heterocycles. The van der Waals surface area contributed by atoms with E-state index in [1.807, 2.05) is 61.5 Å². The topological polar surface area (TPSA) is 42.4 Å². The molecule has 3 nitrogen and oxygen atoms in total. The molecule has 106 valence electrons. The monoisotopic (exact) mass is 279 g/mol. The fourth-order valence-electron chi connectivity index (χ4n) is 2.50. The van der Waals surface area contributed by atoms with Crippen LogP contribution in [0.25, 0.3) is 10.8 Å². The quantitative estimate of drug-likeness (QED) is 0.791. The fraction of sp³-hybridized carbons (Fsp3) is 0.167. The van der Waals surface area contributed by atoms with E-state index in [4.69, 9.17) is 4.74 Å². The van der Waals surface area contributed by atoms with Crippen molar-refractivity contribution in [1.29, 1.82) is 0 Å². The first kappa shape index (κ1) is 13.6. The molecule has 0 aliphatic carbocycles. The second kappa shape index (κ2) is 5.94. The number of aliphatic hydroxyl groups is 1. The number of pyridine rings is 1. The molecule has 0 amide bonds. The Morgan fingerprint density at radius 1 is 1.05 bits per heavy atom. The molecule has 0 radical (unpaired) electrons. The standard InChI is InChI=1S/C18H17NO2/c1-2-21-16-10-6-5-9-15(16)18(20)17-14-8-4-3-7-13(14)11-12-19-17/h3-12,18,20H,2H2,1H3. The Balaban J connectivity index is 2.11. The van der Waals surface area contributed by atoms with Crippen LogP contribution in [0, 0.1) is 0 Å². The van der Waals surface area contributed by atoms with E-state index in [0.717, 1.165) is 16.3 Å². The maximum atomic E-state index is 10.8. The largest absolute Gasteiger partial charge is 0.493 e. The molecule has 1 atom stereocenters. The van der Waals surface area contributed by atoms with Gasteiger partial charge in [-0.05, 0) is 24.4 Å². The van der Waals surface area contributed by atoms with Crippen molar-refractivity contribution >= 4 is 10.8 Å². The van der Waals surface area contributed by atoms with Gasteiger partial charge in [0.15, 0.2) is 0 Å². The van der Waals surface area contributed by atoms with E-state index in [0.29, 0.717) is 18.1 Å². The average Bonchev–Trinajstić information content (AvgIpc) is 2.54. The SMILES string of the molecule is CCOc1ccccc1C(O)c1nccc2ccccc12. The summed E-state index contributed by atoms with van der Waals surface area (Å²) in [5.74, 6) is 0.697. The van der Waals surface area contributed by atoms with Gasteiger partial charge in [0.2, 0.25) is 0 Å². The van der Waals surface area contributed by atoms with Crippen LogP contribution in [-0.2, 0) is 0 Å². The lowest BCUT2D eigenvalue weighted by Crippen LogP contribution is -2.06. The van der Waals surface area contributed by atoms with Crippen LogP contribution >= 0.6 is 0 Å². The first-order valence-electron chi connectivity index (χ1n) is 7.04. The minimum Gasteiger partial charge on any atom is -0.493 e. The van der Waals surface area contributed by atoms with Gasteiger partial charge in [-0.2, -0.15) is 0 Å². The highest BCUT2D eigenvalue weighted by atomic mass is 16.5. The van der Waals surface area contributed by atoms with E-state index < -0.39 is 6.10 Å². The summed E-state index contributed by atoms with van der Waals surface area (Å²) >= 11 is 0. The van der Waals surface area contributed by atoms with Gasteiger partial charge in [0.1, 0.15) is 11.9 Å². The van der Waals surface area contributed by atoms with Gasteiger partial charge < -0.3 is 9.84 Å². The summed E-state index contributed by atoms with van der Waals surface area (Å²) in [6.07, 6.45) is 0.920. The summed E-state index contributed by atoms with van der Waals surface area (Å²) in [5, 5.41) is 12.8. The zero-order chi connectivity index (χ0) is 14.7. The van der Waals surface area contributed by atoms with E-state index in [1.165, 1.54) is 0 Å². The number of aromatic nitrogens is 1. The van der Waals surface area contributed by atoms with Crippen molar-refractivity contribution < 1.29 is 9.84 Å². The molecule has 2 aromatic carbocycles. The van der Waals surface area contributed by atoms with Crippen LogP contribution in [0.2, 0.25) is 0 Å². The van der Waals surface area contributed by atoms with Crippen molar-refractivity contribution in [2.45, 2.75) is 13.0 Å². The summed E-state index contributed by atoms with van der Waals surface area (Å²) in [6, 6.07) is 17.4. The molecule has 21 heavy (non-hydrogen) atoms. The normalized spacial score (nSPS) is 12.3. The Labute approximate surface area is 123 Å². The van der Waals surface area contributed by atoms with Crippen LogP contribution in [-0.4, -0.2) is 16.7 Å². The third-order valence-electron chi connectivity index (χ3n) is 3.48. The molecule has 0 fully saturated rings. The number of hydrogen-bond acceptors (Lipinski definition) is 3. The summed E-state index contributed by atoms with van der Waals surface area (Å²) in [7, 11) is 0. The summed E-state index contributed by atoms with van der Waals surface area (Å²) in [6.45, 7) is 2.49. The molecular formula is C18H17NO2. The molecule has 1 unspecified atom stereocenters. The van der Waals surface area contributed by atoms with Crippen molar-refractivity contribution in [2.24, 2.45) is 0 Å². The average molecular weight is 279 g/mol. The maximum Gasteiger partial charge on any atom is 0.125 e. The van der Waals surface area contributed by atoms with E-state index in [1.54, 1.807) is 6.20 Å². The number of nitrogens with zero attached hydrogens (tertiary/aromatic N) is 1. The van der Waals surface area contributed by atoms with Crippen molar-refractivity contribution in [3.63, 3.8) is 0 Å². The third kappa shape index (κ3) is 2.60. The van der Waals surface area contributed by atoms with Crippen molar-refractivity contribution in [2.75, 3.05) is 6.61 Å². The van der Waals surface area contributed by atoms with Crippen LogP contribution in [0.5, 0.6) is 5.75 Å². The molecule has 0 bridgehead atoms. The van der Waals surface area contributed by atoms with Crippen LogP contribution in [0.15, 0.2) is 60.8 Å².